The molecule has 1 heterocycles. The number of sulfonamides is 1. The molecule has 1 aromatic carbocycles. The van der Waals surface area contributed by atoms with Gasteiger partial charge in [-0.15, -0.1) is 6.58 Å². The van der Waals surface area contributed by atoms with Crippen molar-refractivity contribution in [3.63, 3.8) is 0 Å². The number of carbonyl (C=O) groups excluding carboxylic acids is 2. The Morgan fingerprint density at radius 2 is 2.00 bits per heavy atom. The van der Waals surface area contributed by atoms with Crippen LogP contribution in [0.15, 0.2) is 35.7 Å². The fourth-order valence-electron chi connectivity index (χ4n) is 2.72. The summed E-state index contributed by atoms with van der Waals surface area (Å²) in [5.41, 5.74) is 0.618. The molecule has 29 heavy (non-hydrogen) atoms. The molecule has 1 aliphatic rings. The molecule has 0 bridgehead atoms. The van der Waals surface area contributed by atoms with E-state index in [-0.39, 0.29) is 17.0 Å². The zero-order valence-corrected chi connectivity index (χ0v) is 17.7. The minimum absolute atomic E-state index is 0.0322. The number of nitrogens with zero attached hydrogens (tertiary/aromatic N) is 2. The Hall–Kier alpha value is -2.43. The first-order chi connectivity index (χ1) is 13.7. The Balaban J connectivity index is 2.37. The summed E-state index contributed by atoms with van der Waals surface area (Å²) in [6.07, 6.45) is 0.465. The highest BCUT2D eigenvalue weighted by Crippen LogP contribution is 2.27. The van der Waals surface area contributed by atoms with Gasteiger partial charge in [0.25, 0.3) is 5.91 Å². The fourth-order valence-corrected chi connectivity index (χ4v) is 3.65. The van der Waals surface area contributed by atoms with Crippen LogP contribution in [0.3, 0.4) is 0 Å². The van der Waals surface area contributed by atoms with Crippen molar-refractivity contribution in [1.29, 1.82) is 0 Å². The van der Waals surface area contributed by atoms with Crippen LogP contribution in [0.4, 0.5) is 5.69 Å². The average molecular weight is 426 g/mol. The third-order valence-corrected chi connectivity index (χ3v) is 6.20. The van der Waals surface area contributed by atoms with Gasteiger partial charge in [0, 0.05) is 33.7 Å². The zero-order chi connectivity index (χ0) is 21.6. The number of benzene rings is 1. The summed E-state index contributed by atoms with van der Waals surface area (Å²) >= 11 is 0. The molecule has 1 aromatic rings. The third kappa shape index (κ3) is 5.55. The van der Waals surface area contributed by atoms with E-state index in [1.807, 2.05) is 4.90 Å². The molecule has 0 saturated carbocycles. The first-order valence-electron chi connectivity index (χ1n) is 9.17. The van der Waals surface area contributed by atoms with Crippen LogP contribution in [0.5, 0.6) is 0 Å². The second-order valence-electron chi connectivity index (χ2n) is 6.65. The number of morpholine rings is 1. The fraction of sp³-hybridized carbons (Fsp3) is 0.474. The van der Waals surface area contributed by atoms with Gasteiger partial charge in [0.1, 0.15) is 0 Å². The number of hydrogen-bond acceptors (Lipinski definition) is 7. The van der Waals surface area contributed by atoms with Gasteiger partial charge in [-0.05, 0) is 25.1 Å². The van der Waals surface area contributed by atoms with Crippen LogP contribution in [0.2, 0.25) is 0 Å². The Kier molecular flexibility index (Phi) is 7.77. The molecule has 0 unspecified atom stereocenters. The molecule has 1 fully saturated rings. The molecule has 160 valence electrons. The smallest absolute Gasteiger partial charge is 0.341 e. The van der Waals surface area contributed by atoms with Crippen LogP contribution in [-0.2, 0) is 24.3 Å². The van der Waals surface area contributed by atoms with E-state index in [2.05, 4.69) is 11.9 Å². The molecule has 0 aliphatic carbocycles. The molecule has 0 aromatic heterocycles. The lowest BCUT2D eigenvalue weighted by Crippen LogP contribution is -2.38. The maximum absolute atomic E-state index is 12.9. The molecular weight excluding hydrogens is 398 g/mol. The second-order valence-corrected chi connectivity index (χ2v) is 8.80. The number of carbonyl (C=O) groups is 2. The van der Waals surface area contributed by atoms with Crippen LogP contribution in [0.25, 0.3) is 0 Å². The summed E-state index contributed by atoms with van der Waals surface area (Å²) in [6, 6.07) is 4.33. The van der Waals surface area contributed by atoms with E-state index < -0.39 is 28.0 Å². The molecule has 1 aliphatic heterocycles. The summed E-state index contributed by atoms with van der Waals surface area (Å²) < 4.78 is 36.7. The summed E-state index contributed by atoms with van der Waals surface area (Å²) in [7, 11) is -0.921. The van der Waals surface area contributed by atoms with E-state index in [9.17, 15) is 18.0 Å². The molecule has 1 amide bonds. The number of esters is 1. The number of hydrogen-bond donors (Lipinski definition) is 1. The number of rotatable bonds is 8. The lowest BCUT2D eigenvalue weighted by Gasteiger charge is -2.30. The van der Waals surface area contributed by atoms with Crippen LogP contribution in [0.1, 0.15) is 17.3 Å². The van der Waals surface area contributed by atoms with Crippen LogP contribution in [0, 0.1) is 0 Å². The van der Waals surface area contributed by atoms with Crippen LogP contribution < -0.4 is 10.2 Å². The lowest BCUT2D eigenvalue weighted by atomic mass is 10.1. The molecule has 1 saturated heterocycles. The van der Waals surface area contributed by atoms with Gasteiger partial charge >= 0.3 is 5.97 Å². The van der Waals surface area contributed by atoms with E-state index in [4.69, 9.17) is 9.47 Å². The molecular formula is C19H27N3O6S. The largest absolute Gasteiger partial charge is 0.449 e. The first-order valence-corrected chi connectivity index (χ1v) is 10.6. The minimum Gasteiger partial charge on any atom is -0.449 e. The van der Waals surface area contributed by atoms with E-state index in [0.717, 1.165) is 4.31 Å². The van der Waals surface area contributed by atoms with Gasteiger partial charge in [-0.2, -0.15) is 0 Å². The number of amides is 1. The third-order valence-electron chi connectivity index (χ3n) is 4.39. The lowest BCUT2D eigenvalue weighted by molar-refractivity contribution is -0.128. The highest BCUT2D eigenvalue weighted by Gasteiger charge is 2.27. The molecule has 1 N–H and O–H groups in total. The SMILES string of the molecule is C=CCNC(=O)[C@@H](C)OC(=O)c1cc(S(=O)(=O)N(C)C)ccc1N1CCOCC1. The van der Waals surface area contributed by atoms with Gasteiger partial charge < -0.3 is 19.7 Å². The quantitative estimate of drug-likeness (QED) is 0.481. The number of nitrogens with one attached hydrogen (secondary N) is 1. The number of ether oxygens (including phenoxy) is 2. The molecule has 0 spiro atoms. The van der Waals surface area contributed by atoms with Crippen LogP contribution in [-0.4, -0.2) is 77.6 Å². The summed E-state index contributed by atoms with van der Waals surface area (Å²) in [5.74, 6) is -1.24. The van der Waals surface area contributed by atoms with Crippen molar-refractivity contribution in [2.75, 3.05) is 51.8 Å². The maximum Gasteiger partial charge on any atom is 0.341 e. The van der Waals surface area contributed by atoms with Crippen molar-refractivity contribution >= 4 is 27.6 Å². The van der Waals surface area contributed by atoms with Crippen molar-refractivity contribution in [2.45, 2.75) is 17.9 Å². The summed E-state index contributed by atoms with van der Waals surface area (Å²) in [4.78, 5) is 26.8. The van der Waals surface area contributed by atoms with Crippen molar-refractivity contribution in [3.8, 4) is 0 Å². The predicted molar refractivity (Wildman–Crippen MR) is 108 cm³/mol. The summed E-state index contributed by atoms with van der Waals surface area (Å²) in [6.45, 7) is 7.29. The Bertz CT molecular complexity index is 863. The Labute approximate surface area is 171 Å². The van der Waals surface area contributed by atoms with E-state index in [0.29, 0.717) is 32.0 Å². The van der Waals surface area contributed by atoms with Gasteiger partial charge in [-0.25, -0.2) is 17.5 Å². The molecule has 1 atom stereocenters. The zero-order valence-electron chi connectivity index (χ0n) is 16.9. The Morgan fingerprint density at radius 3 is 2.59 bits per heavy atom. The van der Waals surface area contributed by atoms with Crippen LogP contribution >= 0.6 is 0 Å². The van der Waals surface area contributed by atoms with Gasteiger partial charge in [-0.3, -0.25) is 4.79 Å². The van der Waals surface area contributed by atoms with Crippen molar-refractivity contribution < 1.29 is 27.5 Å². The Morgan fingerprint density at radius 1 is 1.34 bits per heavy atom. The first kappa shape index (κ1) is 22.9. The van der Waals surface area contributed by atoms with Crippen molar-refractivity contribution in [2.24, 2.45) is 0 Å². The summed E-state index contributed by atoms with van der Waals surface area (Å²) in [5, 5.41) is 2.55. The minimum atomic E-state index is -3.75. The molecule has 0 radical (unpaired) electrons. The second kappa shape index (κ2) is 9.86. The average Bonchev–Trinajstić information content (AvgIpc) is 2.71. The molecule has 10 heteroatoms. The molecule has 9 nitrogen and oxygen atoms in total. The predicted octanol–water partition coefficient (Wildman–Crippen LogP) is 0.621. The van der Waals surface area contributed by atoms with Gasteiger partial charge in [0.2, 0.25) is 10.0 Å². The van der Waals surface area contributed by atoms with Crippen molar-refractivity contribution in [1.82, 2.24) is 9.62 Å². The van der Waals surface area contributed by atoms with Crippen molar-refractivity contribution in [3.05, 3.63) is 36.4 Å². The van der Waals surface area contributed by atoms with E-state index >= 15 is 0 Å². The maximum atomic E-state index is 12.9. The van der Waals surface area contributed by atoms with E-state index in [1.165, 1.54) is 39.2 Å². The van der Waals surface area contributed by atoms with Gasteiger partial charge in [-0.1, -0.05) is 6.08 Å². The standard InChI is InChI=1S/C19H27N3O6S/c1-5-8-20-18(23)14(2)28-19(24)16-13-15(29(25,26)21(3)4)6-7-17(16)22-9-11-27-12-10-22/h5-7,13-14H,1,8-12H2,2-4H3,(H,20,23)/t14-/m1/s1. The monoisotopic (exact) mass is 425 g/mol. The topological polar surface area (TPSA) is 105 Å². The van der Waals surface area contributed by atoms with Gasteiger partial charge in [0.05, 0.1) is 29.4 Å². The normalized spacial score (nSPS) is 15.7. The van der Waals surface area contributed by atoms with E-state index in [1.54, 1.807) is 6.07 Å². The van der Waals surface area contributed by atoms with Gasteiger partial charge in [0.15, 0.2) is 6.10 Å². The highest BCUT2D eigenvalue weighted by molar-refractivity contribution is 7.89. The highest BCUT2D eigenvalue weighted by atomic mass is 32.2. The number of anilines is 1. The molecule has 2 rings (SSSR count).